The molecule has 1 aliphatic carbocycles. The maximum absolute atomic E-state index is 12.6. The second-order valence-electron chi connectivity index (χ2n) is 5.54. The molecule has 0 aromatic carbocycles. The van der Waals surface area contributed by atoms with Crippen LogP contribution in [-0.4, -0.2) is 40.8 Å². The minimum absolute atomic E-state index is 0.102. The Morgan fingerprint density at radius 2 is 1.95 bits per heavy atom. The van der Waals surface area contributed by atoms with E-state index in [4.69, 9.17) is 0 Å². The number of hydrogen-bond acceptors (Lipinski definition) is 4. The van der Waals surface area contributed by atoms with E-state index in [1.54, 1.807) is 11.8 Å². The lowest BCUT2D eigenvalue weighted by atomic mass is 9.87. The summed E-state index contributed by atoms with van der Waals surface area (Å²) in [6, 6.07) is -0.676. The van der Waals surface area contributed by atoms with Gasteiger partial charge in [0.1, 0.15) is 5.92 Å². The molecule has 1 saturated heterocycles. The van der Waals surface area contributed by atoms with Crippen LogP contribution in [0.5, 0.6) is 0 Å². The van der Waals surface area contributed by atoms with Crippen LogP contribution in [0, 0.1) is 11.8 Å². The van der Waals surface area contributed by atoms with Crippen LogP contribution in [0.25, 0.3) is 0 Å². The number of carbonyl (C=O) groups is 3. The molecule has 2 rings (SSSR count). The van der Waals surface area contributed by atoms with Gasteiger partial charge in [-0.05, 0) is 31.4 Å². The predicted molar refractivity (Wildman–Crippen MR) is 78.3 cm³/mol. The fourth-order valence-electron chi connectivity index (χ4n) is 3.22. The van der Waals surface area contributed by atoms with Crippen molar-refractivity contribution < 1.29 is 14.4 Å². The Balaban J connectivity index is 2.21. The second-order valence-corrected chi connectivity index (χ2v) is 6.45. The number of thioether (sulfide) groups is 1. The lowest BCUT2D eigenvalue weighted by Crippen LogP contribution is -2.62. The summed E-state index contributed by atoms with van der Waals surface area (Å²) in [5, 5.41) is 2.38. The summed E-state index contributed by atoms with van der Waals surface area (Å²) in [4.78, 5) is 38.0. The van der Waals surface area contributed by atoms with Gasteiger partial charge in [0, 0.05) is 5.75 Å². The van der Waals surface area contributed by atoms with Gasteiger partial charge >= 0.3 is 6.03 Å². The molecule has 2 atom stereocenters. The average Bonchev–Trinajstić information content (AvgIpc) is 2.90. The third kappa shape index (κ3) is 2.85. The standard InChI is InChI=1S/C14H22N2O3S/c1-3-10(8-20-2)16-13(18)11(9-6-4-5-7-9)12(17)15-14(16)19/h9-11H,3-8H2,1-2H3,(H,15,17,19). The van der Waals surface area contributed by atoms with Gasteiger partial charge in [0.05, 0.1) is 6.04 Å². The quantitative estimate of drug-likeness (QED) is 0.789. The molecule has 5 nitrogen and oxygen atoms in total. The molecule has 2 unspecified atom stereocenters. The molecular formula is C14H22N2O3S. The van der Waals surface area contributed by atoms with Crippen LogP contribution in [0.3, 0.4) is 0 Å². The molecule has 1 saturated carbocycles. The highest BCUT2D eigenvalue weighted by Gasteiger charge is 2.46. The number of nitrogens with one attached hydrogen (secondary N) is 1. The number of rotatable bonds is 5. The van der Waals surface area contributed by atoms with Crippen LogP contribution in [0.1, 0.15) is 39.0 Å². The Morgan fingerprint density at radius 3 is 2.50 bits per heavy atom. The first-order valence-corrected chi connectivity index (χ1v) is 8.66. The molecule has 0 radical (unpaired) electrons. The van der Waals surface area contributed by atoms with Crippen molar-refractivity contribution in [2.24, 2.45) is 11.8 Å². The predicted octanol–water partition coefficient (Wildman–Crippen LogP) is 2.01. The molecule has 1 aliphatic heterocycles. The Bertz CT molecular complexity index is 407. The highest BCUT2D eigenvalue weighted by molar-refractivity contribution is 7.98. The van der Waals surface area contributed by atoms with Crippen LogP contribution in [0.4, 0.5) is 4.79 Å². The van der Waals surface area contributed by atoms with E-state index in [-0.39, 0.29) is 17.9 Å². The molecule has 20 heavy (non-hydrogen) atoms. The summed E-state index contributed by atoms with van der Waals surface area (Å²) >= 11 is 1.61. The third-order valence-electron chi connectivity index (χ3n) is 4.30. The van der Waals surface area contributed by atoms with Gasteiger partial charge < -0.3 is 0 Å². The third-order valence-corrected chi connectivity index (χ3v) is 5.02. The van der Waals surface area contributed by atoms with Crippen LogP contribution in [0.2, 0.25) is 0 Å². The van der Waals surface area contributed by atoms with Gasteiger partial charge in [0.25, 0.3) is 0 Å². The molecule has 0 aromatic heterocycles. The fraction of sp³-hybridized carbons (Fsp3) is 0.786. The van der Waals surface area contributed by atoms with E-state index < -0.39 is 17.9 Å². The normalized spacial score (nSPS) is 26.0. The van der Waals surface area contributed by atoms with E-state index in [0.29, 0.717) is 12.2 Å². The zero-order valence-corrected chi connectivity index (χ0v) is 12.9. The van der Waals surface area contributed by atoms with Gasteiger partial charge in [0.2, 0.25) is 11.8 Å². The molecular weight excluding hydrogens is 276 g/mol. The zero-order valence-electron chi connectivity index (χ0n) is 12.1. The monoisotopic (exact) mass is 298 g/mol. The number of urea groups is 1. The van der Waals surface area contributed by atoms with Gasteiger partial charge in [-0.25, -0.2) is 4.79 Å². The van der Waals surface area contributed by atoms with E-state index in [2.05, 4.69) is 5.32 Å². The smallest absolute Gasteiger partial charge is 0.277 e. The molecule has 2 aliphatic rings. The zero-order chi connectivity index (χ0) is 14.7. The first-order valence-electron chi connectivity index (χ1n) is 7.27. The van der Waals surface area contributed by atoms with Crippen molar-refractivity contribution in [2.75, 3.05) is 12.0 Å². The van der Waals surface area contributed by atoms with Crippen LogP contribution in [-0.2, 0) is 9.59 Å². The number of barbiturate groups is 1. The summed E-state index contributed by atoms with van der Waals surface area (Å²) in [7, 11) is 0. The number of hydrogen-bond donors (Lipinski definition) is 1. The summed E-state index contributed by atoms with van der Waals surface area (Å²) in [6.07, 6.45) is 6.62. The molecule has 0 spiro atoms. The number of amides is 4. The van der Waals surface area contributed by atoms with Gasteiger partial charge in [-0.2, -0.15) is 11.8 Å². The van der Waals surface area contributed by atoms with E-state index >= 15 is 0 Å². The van der Waals surface area contributed by atoms with Crippen LogP contribution in [0.15, 0.2) is 0 Å². The topological polar surface area (TPSA) is 66.5 Å². The van der Waals surface area contributed by atoms with Gasteiger partial charge in [-0.15, -0.1) is 0 Å². The molecule has 112 valence electrons. The van der Waals surface area contributed by atoms with Crippen molar-refractivity contribution in [3.63, 3.8) is 0 Å². The average molecular weight is 298 g/mol. The lowest BCUT2D eigenvalue weighted by Gasteiger charge is -2.37. The molecule has 6 heteroatoms. The SMILES string of the molecule is CCC(CSC)N1C(=O)NC(=O)C(C2CCCC2)C1=O. The maximum atomic E-state index is 12.6. The summed E-state index contributed by atoms with van der Waals surface area (Å²) in [5.41, 5.74) is 0. The van der Waals surface area contributed by atoms with Gasteiger partial charge in [-0.1, -0.05) is 19.8 Å². The minimum Gasteiger partial charge on any atom is -0.277 e. The fourth-order valence-corrected chi connectivity index (χ4v) is 3.99. The number of imide groups is 2. The van der Waals surface area contributed by atoms with Crippen LogP contribution >= 0.6 is 11.8 Å². The second kappa shape index (κ2) is 6.61. The van der Waals surface area contributed by atoms with Gasteiger partial charge in [0.15, 0.2) is 0 Å². The Morgan fingerprint density at radius 1 is 1.30 bits per heavy atom. The van der Waals surface area contributed by atoms with Crippen molar-refractivity contribution in [3.05, 3.63) is 0 Å². The largest absolute Gasteiger partial charge is 0.331 e. The van der Waals surface area contributed by atoms with Crippen molar-refractivity contribution in [3.8, 4) is 0 Å². The number of carbonyl (C=O) groups excluding carboxylic acids is 3. The van der Waals surface area contributed by atoms with Crippen molar-refractivity contribution in [1.82, 2.24) is 10.2 Å². The summed E-state index contributed by atoms with van der Waals surface area (Å²) in [6.45, 7) is 1.96. The summed E-state index contributed by atoms with van der Waals surface area (Å²) < 4.78 is 0. The molecule has 0 bridgehead atoms. The lowest BCUT2D eigenvalue weighted by molar-refractivity contribution is -0.146. The van der Waals surface area contributed by atoms with E-state index in [0.717, 1.165) is 25.7 Å². The van der Waals surface area contributed by atoms with Gasteiger partial charge in [-0.3, -0.25) is 19.8 Å². The minimum atomic E-state index is -0.661. The Hall–Kier alpha value is -1.04. The highest BCUT2D eigenvalue weighted by Crippen LogP contribution is 2.34. The first kappa shape index (κ1) is 15.4. The van der Waals surface area contributed by atoms with Crippen molar-refractivity contribution in [2.45, 2.75) is 45.1 Å². The summed E-state index contributed by atoms with van der Waals surface area (Å²) in [5.74, 6) is -0.536. The first-order chi connectivity index (χ1) is 9.60. The molecule has 1 heterocycles. The Labute approximate surface area is 123 Å². The van der Waals surface area contributed by atoms with Crippen molar-refractivity contribution in [1.29, 1.82) is 0 Å². The molecule has 1 N–H and O–H groups in total. The van der Waals surface area contributed by atoms with E-state index in [9.17, 15) is 14.4 Å². The number of nitrogens with zero attached hydrogens (tertiary/aromatic N) is 1. The maximum Gasteiger partial charge on any atom is 0.331 e. The molecule has 4 amide bonds. The Kier molecular flexibility index (Phi) is 5.07. The molecule has 0 aromatic rings. The van der Waals surface area contributed by atoms with Crippen LogP contribution < -0.4 is 5.32 Å². The van der Waals surface area contributed by atoms with Crippen molar-refractivity contribution >= 4 is 29.6 Å². The van der Waals surface area contributed by atoms with E-state index in [1.807, 2.05) is 13.2 Å². The highest BCUT2D eigenvalue weighted by atomic mass is 32.2. The molecule has 2 fully saturated rings. The van der Waals surface area contributed by atoms with E-state index in [1.165, 1.54) is 4.90 Å².